The fraction of sp³-hybridized carbons (Fsp3) is 0.556. The standard InChI is InChI=1S/C18H22O4/c1-11-7-8-12-5-3-4-6-13(12)17(11)16-9-15(21-2)14(10-19)18(20)22-16/h7-13,17H,3-6H2,1-2H3/t11-,12+,13+,17+/m1/s1. The quantitative estimate of drug-likeness (QED) is 0.633. The molecule has 0 aliphatic heterocycles. The van der Waals surface area contributed by atoms with Crippen molar-refractivity contribution >= 4 is 6.29 Å². The maximum absolute atomic E-state index is 12.1. The number of carbonyl (C=O) groups is 1. The maximum Gasteiger partial charge on any atom is 0.350 e. The molecule has 0 radical (unpaired) electrons. The molecule has 0 N–H and O–H groups in total. The SMILES string of the molecule is COc1cc([C@@H]2[C@H]3CCCC[C@H]3C=C[C@H]2C)oc(=O)c1C=O. The minimum absolute atomic E-state index is 0.0366. The number of allylic oxidation sites excluding steroid dienone is 2. The van der Waals surface area contributed by atoms with E-state index in [1.165, 1.54) is 26.4 Å². The molecule has 1 aromatic heterocycles. The van der Waals surface area contributed by atoms with Gasteiger partial charge in [-0.3, -0.25) is 4.79 Å². The molecule has 2 aliphatic rings. The smallest absolute Gasteiger partial charge is 0.350 e. The van der Waals surface area contributed by atoms with Crippen molar-refractivity contribution in [1.82, 2.24) is 0 Å². The molecule has 1 saturated carbocycles. The molecular formula is C18H22O4. The van der Waals surface area contributed by atoms with E-state index in [-0.39, 0.29) is 11.5 Å². The largest absolute Gasteiger partial charge is 0.496 e. The van der Waals surface area contributed by atoms with E-state index < -0.39 is 5.63 Å². The number of methoxy groups -OCH3 is 1. The lowest BCUT2D eigenvalue weighted by molar-refractivity contribution is 0.111. The minimum atomic E-state index is -0.599. The number of carbonyl (C=O) groups excluding carboxylic acids is 1. The normalized spacial score (nSPS) is 30.6. The second-order valence-corrected chi connectivity index (χ2v) is 6.42. The van der Waals surface area contributed by atoms with Gasteiger partial charge in [0.05, 0.1) is 7.11 Å². The van der Waals surface area contributed by atoms with Gasteiger partial charge in [0.1, 0.15) is 17.1 Å². The van der Waals surface area contributed by atoms with E-state index in [0.717, 1.165) is 6.42 Å². The van der Waals surface area contributed by atoms with Crippen molar-refractivity contribution in [2.45, 2.75) is 38.5 Å². The molecule has 0 aromatic carbocycles. The zero-order chi connectivity index (χ0) is 15.7. The van der Waals surface area contributed by atoms with Gasteiger partial charge in [-0.1, -0.05) is 31.9 Å². The van der Waals surface area contributed by atoms with Gasteiger partial charge in [0.25, 0.3) is 0 Å². The molecule has 0 amide bonds. The summed E-state index contributed by atoms with van der Waals surface area (Å²) in [5.74, 6) is 2.53. The lowest BCUT2D eigenvalue weighted by atomic mass is 9.64. The van der Waals surface area contributed by atoms with Crippen molar-refractivity contribution in [2.24, 2.45) is 17.8 Å². The monoisotopic (exact) mass is 302 g/mol. The molecule has 4 nitrogen and oxygen atoms in total. The van der Waals surface area contributed by atoms with Crippen molar-refractivity contribution in [3.63, 3.8) is 0 Å². The van der Waals surface area contributed by atoms with Crippen molar-refractivity contribution < 1.29 is 13.9 Å². The van der Waals surface area contributed by atoms with Crippen LogP contribution in [-0.4, -0.2) is 13.4 Å². The van der Waals surface area contributed by atoms with Gasteiger partial charge >= 0.3 is 5.63 Å². The van der Waals surface area contributed by atoms with Crippen molar-refractivity contribution in [3.05, 3.63) is 40.0 Å². The van der Waals surface area contributed by atoms with E-state index in [1.54, 1.807) is 6.07 Å². The van der Waals surface area contributed by atoms with Crippen LogP contribution in [0.4, 0.5) is 0 Å². The summed E-state index contributed by atoms with van der Waals surface area (Å²) < 4.78 is 10.7. The molecule has 118 valence electrons. The van der Waals surface area contributed by atoms with Crippen LogP contribution < -0.4 is 10.4 Å². The molecule has 3 rings (SSSR count). The van der Waals surface area contributed by atoms with Crippen LogP contribution in [0.15, 0.2) is 27.4 Å². The number of hydrogen-bond donors (Lipinski definition) is 0. The van der Waals surface area contributed by atoms with Gasteiger partial charge in [0.2, 0.25) is 0 Å². The molecule has 0 saturated heterocycles. The lowest BCUT2D eigenvalue weighted by Gasteiger charge is -2.40. The Hall–Kier alpha value is -1.84. The first-order valence-electron chi connectivity index (χ1n) is 8.01. The summed E-state index contributed by atoms with van der Waals surface area (Å²) in [4.78, 5) is 23.1. The Labute approximate surface area is 130 Å². The summed E-state index contributed by atoms with van der Waals surface area (Å²) in [5, 5.41) is 0. The molecule has 0 bridgehead atoms. The van der Waals surface area contributed by atoms with Gasteiger partial charge in [0.15, 0.2) is 6.29 Å². The van der Waals surface area contributed by atoms with Gasteiger partial charge in [-0.05, 0) is 30.6 Å². The average molecular weight is 302 g/mol. The van der Waals surface area contributed by atoms with E-state index in [0.29, 0.717) is 35.5 Å². The van der Waals surface area contributed by atoms with Gasteiger partial charge in [-0.2, -0.15) is 0 Å². The van der Waals surface area contributed by atoms with E-state index in [1.807, 2.05) is 0 Å². The highest BCUT2D eigenvalue weighted by Crippen LogP contribution is 2.48. The van der Waals surface area contributed by atoms with E-state index in [4.69, 9.17) is 9.15 Å². The molecule has 4 atom stereocenters. The molecular weight excluding hydrogens is 280 g/mol. The topological polar surface area (TPSA) is 56.5 Å². The van der Waals surface area contributed by atoms with Crippen LogP contribution in [0.25, 0.3) is 0 Å². The Bertz CT molecular complexity index is 643. The fourth-order valence-corrected chi connectivity index (χ4v) is 4.11. The number of hydrogen-bond acceptors (Lipinski definition) is 4. The summed E-state index contributed by atoms with van der Waals surface area (Å²) in [7, 11) is 1.47. The first-order valence-corrected chi connectivity index (χ1v) is 8.01. The summed E-state index contributed by atoms with van der Waals surface area (Å²) in [5.41, 5.74) is -0.635. The van der Waals surface area contributed by atoms with Crippen molar-refractivity contribution in [2.75, 3.05) is 7.11 Å². The number of rotatable bonds is 3. The molecule has 4 heteroatoms. The van der Waals surface area contributed by atoms with Crippen LogP contribution in [0.3, 0.4) is 0 Å². The molecule has 0 spiro atoms. The Balaban J connectivity index is 2.05. The summed E-state index contributed by atoms with van der Waals surface area (Å²) >= 11 is 0. The number of ether oxygens (including phenoxy) is 1. The first kappa shape index (κ1) is 15.1. The van der Waals surface area contributed by atoms with Gasteiger partial charge in [-0.15, -0.1) is 0 Å². The van der Waals surface area contributed by atoms with E-state index >= 15 is 0 Å². The maximum atomic E-state index is 12.1. The van der Waals surface area contributed by atoms with Gasteiger partial charge in [-0.25, -0.2) is 4.79 Å². The van der Waals surface area contributed by atoms with Crippen LogP contribution in [0.2, 0.25) is 0 Å². The highest BCUT2D eigenvalue weighted by atomic mass is 16.5. The zero-order valence-electron chi connectivity index (χ0n) is 13.1. The first-order chi connectivity index (χ1) is 10.7. The van der Waals surface area contributed by atoms with Gasteiger partial charge in [0, 0.05) is 12.0 Å². The van der Waals surface area contributed by atoms with Crippen LogP contribution in [-0.2, 0) is 0 Å². The van der Waals surface area contributed by atoms with E-state index in [9.17, 15) is 9.59 Å². The second kappa shape index (κ2) is 6.11. The molecule has 1 aromatic rings. The Morgan fingerprint density at radius 1 is 1.27 bits per heavy atom. The molecule has 1 fully saturated rings. The molecule has 22 heavy (non-hydrogen) atoms. The van der Waals surface area contributed by atoms with Crippen LogP contribution in [0.5, 0.6) is 5.75 Å². The third-order valence-corrected chi connectivity index (χ3v) is 5.20. The third-order valence-electron chi connectivity index (χ3n) is 5.20. The summed E-state index contributed by atoms with van der Waals surface area (Å²) in [6.07, 6.45) is 9.93. The van der Waals surface area contributed by atoms with E-state index in [2.05, 4.69) is 19.1 Å². The number of aldehydes is 1. The predicted molar refractivity (Wildman–Crippen MR) is 83.4 cm³/mol. The molecule has 0 unspecified atom stereocenters. The Morgan fingerprint density at radius 2 is 2.05 bits per heavy atom. The summed E-state index contributed by atoms with van der Waals surface area (Å²) in [6.45, 7) is 2.16. The predicted octanol–water partition coefficient (Wildman–Crippen LogP) is 3.56. The second-order valence-electron chi connectivity index (χ2n) is 6.42. The van der Waals surface area contributed by atoms with Crippen molar-refractivity contribution in [3.8, 4) is 5.75 Å². The minimum Gasteiger partial charge on any atom is -0.496 e. The third kappa shape index (κ3) is 2.51. The molecule has 1 heterocycles. The van der Waals surface area contributed by atoms with Crippen LogP contribution >= 0.6 is 0 Å². The Morgan fingerprint density at radius 3 is 2.77 bits per heavy atom. The highest BCUT2D eigenvalue weighted by Gasteiger charge is 2.38. The molecule has 2 aliphatic carbocycles. The summed E-state index contributed by atoms with van der Waals surface area (Å²) in [6, 6.07) is 1.73. The van der Waals surface area contributed by atoms with Crippen LogP contribution in [0.1, 0.15) is 54.6 Å². The van der Waals surface area contributed by atoms with Gasteiger partial charge < -0.3 is 9.15 Å². The average Bonchev–Trinajstić information content (AvgIpc) is 2.53. The van der Waals surface area contributed by atoms with Crippen molar-refractivity contribution in [1.29, 1.82) is 0 Å². The van der Waals surface area contributed by atoms with Crippen LogP contribution in [0, 0.1) is 17.8 Å². The Kier molecular flexibility index (Phi) is 4.19. The fourth-order valence-electron chi connectivity index (χ4n) is 4.11. The zero-order valence-corrected chi connectivity index (χ0v) is 13.1. The highest BCUT2D eigenvalue weighted by molar-refractivity contribution is 5.78. The number of fused-ring (bicyclic) bond motifs is 1. The lowest BCUT2D eigenvalue weighted by Crippen LogP contribution is -2.31.